The Kier molecular flexibility index (Phi) is 3.12. The molecule has 1 aromatic heterocycles. The molecule has 0 saturated heterocycles. The van der Waals surface area contributed by atoms with Crippen molar-refractivity contribution in [3.63, 3.8) is 0 Å². The normalized spacial score (nSPS) is 15.5. The monoisotopic (exact) mass is 268 g/mol. The molecule has 0 aliphatic carbocycles. The van der Waals surface area contributed by atoms with Crippen molar-refractivity contribution < 1.29 is 4.79 Å². The number of hydrogen-bond donors (Lipinski definition) is 2. The summed E-state index contributed by atoms with van der Waals surface area (Å²) in [4.78, 5) is 18.1. The summed E-state index contributed by atoms with van der Waals surface area (Å²) in [7, 11) is 0. The van der Waals surface area contributed by atoms with Crippen LogP contribution in [0.5, 0.6) is 0 Å². The van der Waals surface area contributed by atoms with Crippen LogP contribution in [0, 0.1) is 0 Å². The fourth-order valence-corrected chi connectivity index (χ4v) is 2.26. The molecular formula is C15H16N4O. The van der Waals surface area contributed by atoms with E-state index in [9.17, 15) is 4.79 Å². The summed E-state index contributed by atoms with van der Waals surface area (Å²) in [5, 5.41) is 2.86. The second-order valence-electron chi connectivity index (χ2n) is 4.89. The van der Waals surface area contributed by atoms with Crippen LogP contribution < -0.4 is 16.0 Å². The maximum atomic E-state index is 11.8. The van der Waals surface area contributed by atoms with E-state index in [4.69, 9.17) is 5.73 Å². The molecule has 0 bridgehead atoms. The minimum absolute atomic E-state index is 0.0400. The van der Waals surface area contributed by atoms with Gasteiger partial charge < -0.3 is 16.0 Å². The summed E-state index contributed by atoms with van der Waals surface area (Å²) in [6, 6.07) is 11.5. The van der Waals surface area contributed by atoms with Gasteiger partial charge in [0, 0.05) is 12.2 Å². The fraction of sp³-hybridized carbons (Fsp3) is 0.200. The second kappa shape index (κ2) is 4.94. The van der Waals surface area contributed by atoms with Crippen LogP contribution in [-0.4, -0.2) is 17.4 Å². The number of pyridine rings is 1. The lowest BCUT2D eigenvalue weighted by molar-refractivity contribution is -0.115. The quantitative estimate of drug-likeness (QED) is 0.875. The molecule has 0 spiro atoms. The summed E-state index contributed by atoms with van der Waals surface area (Å²) in [6.07, 6.45) is 1.76. The molecule has 0 saturated carbocycles. The van der Waals surface area contributed by atoms with E-state index < -0.39 is 0 Å². The van der Waals surface area contributed by atoms with Crippen molar-refractivity contribution in [2.45, 2.75) is 13.0 Å². The first-order chi connectivity index (χ1) is 9.65. The molecule has 2 heterocycles. The Balaban J connectivity index is 1.99. The molecule has 3 N–H and O–H groups in total. The molecule has 20 heavy (non-hydrogen) atoms. The Labute approximate surface area is 117 Å². The zero-order valence-corrected chi connectivity index (χ0v) is 11.2. The number of carbonyl (C=O) groups excluding carboxylic acids is 1. The molecule has 3 rings (SSSR count). The molecule has 102 valence electrons. The zero-order chi connectivity index (χ0) is 14.1. The number of anilines is 3. The molecule has 1 amide bonds. The highest BCUT2D eigenvalue weighted by Gasteiger charge is 2.23. The van der Waals surface area contributed by atoms with Crippen molar-refractivity contribution >= 4 is 23.1 Å². The number of hydrogen-bond acceptors (Lipinski definition) is 4. The number of rotatable bonds is 2. The van der Waals surface area contributed by atoms with Crippen molar-refractivity contribution in [2.24, 2.45) is 5.73 Å². The van der Waals surface area contributed by atoms with E-state index in [0.717, 1.165) is 22.8 Å². The highest BCUT2D eigenvalue weighted by Crippen LogP contribution is 2.33. The number of nitrogens with one attached hydrogen (secondary N) is 1. The molecule has 1 unspecified atom stereocenters. The summed E-state index contributed by atoms with van der Waals surface area (Å²) in [6.45, 7) is 2.18. The van der Waals surface area contributed by atoms with E-state index >= 15 is 0 Å². The summed E-state index contributed by atoms with van der Waals surface area (Å²) < 4.78 is 0. The Bertz CT molecular complexity index is 637. The van der Waals surface area contributed by atoms with Gasteiger partial charge in [-0.3, -0.25) is 4.79 Å². The van der Waals surface area contributed by atoms with Gasteiger partial charge in [-0.05, 0) is 30.7 Å². The van der Waals surface area contributed by atoms with Crippen molar-refractivity contribution in [3.05, 3.63) is 48.2 Å². The predicted molar refractivity (Wildman–Crippen MR) is 78.9 cm³/mol. The summed E-state index contributed by atoms with van der Waals surface area (Å²) in [5.74, 6) is 0.707. The molecule has 1 atom stereocenters. The number of fused-ring (bicyclic) bond motifs is 1. The number of nitrogens with zero attached hydrogens (tertiary/aromatic N) is 2. The highest BCUT2D eigenvalue weighted by atomic mass is 16.2. The van der Waals surface area contributed by atoms with Gasteiger partial charge in [-0.25, -0.2) is 4.98 Å². The summed E-state index contributed by atoms with van der Waals surface area (Å²) >= 11 is 0. The molecule has 5 heteroatoms. The lowest BCUT2D eigenvalue weighted by atomic mass is 10.1. The van der Waals surface area contributed by atoms with E-state index in [-0.39, 0.29) is 18.5 Å². The Morgan fingerprint density at radius 3 is 2.80 bits per heavy atom. The third-order valence-corrected chi connectivity index (χ3v) is 3.34. The lowest BCUT2D eigenvalue weighted by Crippen LogP contribution is -2.35. The second-order valence-corrected chi connectivity index (χ2v) is 4.89. The number of carbonyl (C=O) groups is 1. The Morgan fingerprint density at radius 1 is 1.30 bits per heavy atom. The van der Waals surface area contributed by atoms with Crippen molar-refractivity contribution in [1.29, 1.82) is 0 Å². The molecule has 1 aliphatic heterocycles. The average molecular weight is 268 g/mol. The molecular weight excluding hydrogens is 252 g/mol. The van der Waals surface area contributed by atoms with E-state index in [2.05, 4.69) is 10.3 Å². The minimum atomic E-state index is -0.0477. The van der Waals surface area contributed by atoms with Crippen LogP contribution in [0.3, 0.4) is 0 Å². The van der Waals surface area contributed by atoms with Crippen LogP contribution in [0.2, 0.25) is 0 Å². The van der Waals surface area contributed by atoms with Gasteiger partial charge in [0.05, 0.1) is 11.4 Å². The topological polar surface area (TPSA) is 71.2 Å². The third-order valence-electron chi connectivity index (χ3n) is 3.34. The lowest BCUT2D eigenvalue weighted by Gasteiger charge is -2.30. The van der Waals surface area contributed by atoms with Gasteiger partial charge in [0.15, 0.2) is 0 Å². The number of amides is 1. The molecule has 1 aliphatic rings. The minimum Gasteiger partial charge on any atom is -0.324 e. The molecule has 5 nitrogen and oxygen atoms in total. The first kappa shape index (κ1) is 12.6. The first-order valence-corrected chi connectivity index (χ1v) is 6.53. The standard InChI is InChI=1S/C15H16N4O/c1-10(16)11-6-7-14(17-8-11)19-9-15(20)18-12-4-2-3-5-13(12)19/h2-8,10H,9,16H2,1H3,(H,18,20). The number of aromatic nitrogens is 1. The van der Waals surface area contributed by atoms with Crippen LogP contribution in [0.25, 0.3) is 0 Å². The Morgan fingerprint density at radius 2 is 2.10 bits per heavy atom. The van der Waals surface area contributed by atoms with Crippen LogP contribution in [0.1, 0.15) is 18.5 Å². The van der Waals surface area contributed by atoms with Crippen molar-refractivity contribution in [3.8, 4) is 0 Å². The van der Waals surface area contributed by atoms with E-state index in [0.29, 0.717) is 0 Å². The van der Waals surface area contributed by atoms with Crippen molar-refractivity contribution in [2.75, 3.05) is 16.8 Å². The maximum Gasteiger partial charge on any atom is 0.244 e. The van der Waals surface area contributed by atoms with Gasteiger partial charge in [0.2, 0.25) is 5.91 Å². The van der Waals surface area contributed by atoms with Crippen LogP contribution in [0.4, 0.5) is 17.2 Å². The predicted octanol–water partition coefficient (Wildman–Crippen LogP) is 2.19. The van der Waals surface area contributed by atoms with Gasteiger partial charge in [0.1, 0.15) is 12.4 Å². The first-order valence-electron chi connectivity index (χ1n) is 6.53. The smallest absolute Gasteiger partial charge is 0.244 e. The van der Waals surface area contributed by atoms with Gasteiger partial charge in [-0.2, -0.15) is 0 Å². The largest absolute Gasteiger partial charge is 0.324 e. The van der Waals surface area contributed by atoms with E-state index in [1.807, 2.05) is 48.2 Å². The SMILES string of the molecule is CC(N)c1ccc(N2CC(=O)Nc3ccccc32)nc1. The van der Waals surface area contributed by atoms with Crippen LogP contribution in [-0.2, 0) is 4.79 Å². The molecule has 0 fully saturated rings. The van der Waals surface area contributed by atoms with Gasteiger partial charge >= 0.3 is 0 Å². The zero-order valence-electron chi connectivity index (χ0n) is 11.2. The van der Waals surface area contributed by atoms with Crippen molar-refractivity contribution in [1.82, 2.24) is 4.98 Å². The highest BCUT2D eigenvalue weighted by molar-refractivity contribution is 6.02. The average Bonchev–Trinajstić information content (AvgIpc) is 2.46. The third kappa shape index (κ3) is 2.23. The maximum absolute atomic E-state index is 11.8. The number of para-hydroxylation sites is 2. The molecule has 0 radical (unpaired) electrons. The van der Waals surface area contributed by atoms with Crippen LogP contribution >= 0.6 is 0 Å². The Hall–Kier alpha value is -2.40. The van der Waals surface area contributed by atoms with Gasteiger partial charge in [0.25, 0.3) is 0 Å². The number of benzene rings is 1. The fourth-order valence-electron chi connectivity index (χ4n) is 2.26. The van der Waals surface area contributed by atoms with Crippen LogP contribution in [0.15, 0.2) is 42.6 Å². The van der Waals surface area contributed by atoms with Gasteiger partial charge in [-0.1, -0.05) is 18.2 Å². The summed E-state index contributed by atoms with van der Waals surface area (Å²) in [5.41, 5.74) is 8.56. The van der Waals surface area contributed by atoms with E-state index in [1.54, 1.807) is 6.20 Å². The molecule has 2 aromatic rings. The van der Waals surface area contributed by atoms with Gasteiger partial charge in [-0.15, -0.1) is 0 Å². The number of nitrogens with two attached hydrogens (primary N) is 1. The van der Waals surface area contributed by atoms with E-state index in [1.165, 1.54) is 0 Å². The molecule has 1 aromatic carbocycles.